The molecule has 0 atom stereocenters. The molecule has 0 amide bonds. The van der Waals surface area contributed by atoms with Crippen LogP contribution in [0.5, 0.6) is 11.6 Å². The Labute approximate surface area is 147 Å². The second kappa shape index (κ2) is 5.79. The van der Waals surface area contributed by atoms with Crippen LogP contribution in [0, 0.1) is 11.3 Å². The topological polar surface area (TPSA) is 95.3 Å². The third kappa shape index (κ3) is 3.08. The number of nitrogen functional groups attached to an aromatic ring is 1. The van der Waals surface area contributed by atoms with Crippen LogP contribution >= 0.6 is 0 Å². The molecule has 1 aromatic carbocycles. The molecule has 8 heteroatoms. The third-order valence-corrected chi connectivity index (χ3v) is 4.72. The van der Waals surface area contributed by atoms with Crippen LogP contribution in [0.3, 0.4) is 0 Å². The molecule has 25 heavy (non-hydrogen) atoms. The first-order valence-electron chi connectivity index (χ1n) is 8.00. The molecular formula is C17H21BN4O3. The lowest BCUT2D eigenvalue weighted by Crippen LogP contribution is -2.41. The number of rotatable bonds is 3. The maximum absolute atomic E-state index is 9.20. The van der Waals surface area contributed by atoms with Crippen LogP contribution in [0.1, 0.15) is 33.3 Å². The zero-order valence-corrected chi connectivity index (χ0v) is 15.0. The smallest absolute Gasteiger partial charge is 0.440 e. The van der Waals surface area contributed by atoms with Crippen LogP contribution in [-0.4, -0.2) is 28.1 Å². The van der Waals surface area contributed by atoms with Crippen molar-refractivity contribution >= 4 is 18.4 Å². The van der Waals surface area contributed by atoms with Gasteiger partial charge in [-0.2, -0.15) is 10.4 Å². The molecule has 2 aromatic rings. The molecule has 3 rings (SSSR count). The number of ether oxygens (including phenoxy) is 1. The summed E-state index contributed by atoms with van der Waals surface area (Å²) in [6, 6.07) is 8.89. The van der Waals surface area contributed by atoms with E-state index in [9.17, 15) is 5.26 Å². The lowest BCUT2D eigenvalue weighted by atomic mass is 9.78. The summed E-state index contributed by atoms with van der Waals surface area (Å²) in [5, 5.41) is 13.3. The van der Waals surface area contributed by atoms with Crippen LogP contribution in [0.25, 0.3) is 0 Å². The molecule has 1 fully saturated rings. The lowest BCUT2D eigenvalue weighted by Gasteiger charge is -2.32. The number of nitriles is 1. The van der Waals surface area contributed by atoms with E-state index in [2.05, 4.69) is 11.2 Å². The second-order valence-corrected chi connectivity index (χ2v) is 7.09. The van der Waals surface area contributed by atoms with Gasteiger partial charge in [-0.3, -0.25) is 0 Å². The summed E-state index contributed by atoms with van der Waals surface area (Å²) >= 11 is 0. The predicted octanol–water partition coefficient (Wildman–Crippen LogP) is 1.97. The van der Waals surface area contributed by atoms with Gasteiger partial charge in [0.15, 0.2) is 0 Å². The highest BCUT2D eigenvalue weighted by Crippen LogP contribution is 2.37. The molecule has 0 aliphatic carbocycles. The molecule has 0 bridgehead atoms. The Balaban J connectivity index is 2.00. The Morgan fingerprint density at radius 2 is 1.84 bits per heavy atom. The van der Waals surface area contributed by atoms with E-state index in [1.54, 1.807) is 31.3 Å². The van der Waals surface area contributed by atoms with Crippen molar-refractivity contribution < 1.29 is 14.0 Å². The minimum absolute atomic E-state index is 0.353. The normalized spacial score (nSPS) is 18.2. The maximum atomic E-state index is 9.20. The summed E-state index contributed by atoms with van der Waals surface area (Å²) in [7, 11) is 1.13. The van der Waals surface area contributed by atoms with Gasteiger partial charge in [0.05, 0.1) is 22.8 Å². The van der Waals surface area contributed by atoms with Gasteiger partial charge in [0.25, 0.3) is 0 Å². The molecule has 130 valence electrons. The van der Waals surface area contributed by atoms with Gasteiger partial charge in [0.2, 0.25) is 5.88 Å². The van der Waals surface area contributed by atoms with Crippen molar-refractivity contribution in [2.75, 3.05) is 5.73 Å². The summed E-state index contributed by atoms with van der Waals surface area (Å²) in [6.07, 6.45) is 0. The Kier molecular flexibility index (Phi) is 4.02. The van der Waals surface area contributed by atoms with Gasteiger partial charge in [-0.1, -0.05) is 6.07 Å². The van der Waals surface area contributed by atoms with Crippen molar-refractivity contribution in [1.82, 2.24) is 9.78 Å². The third-order valence-electron chi connectivity index (χ3n) is 4.72. The van der Waals surface area contributed by atoms with Crippen molar-refractivity contribution in [3.05, 3.63) is 29.8 Å². The average Bonchev–Trinajstić information content (AvgIpc) is 2.94. The van der Waals surface area contributed by atoms with Crippen molar-refractivity contribution in [3.63, 3.8) is 0 Å². The highest BCUT2D eigenvalue weighted by atomic mass is 16.7. The Morgan fingerprint density at radius 1 is 1.20 bits per heavy atom. The fourth-order valence-corrected chi connectivity index (χ4v) is 2.54. The number of hydrogen-bond acceptors (Lipinski definition) is 6. The van der Waals surface area contributed by atoms with E-state index in [-0.39, 0.29) is 0 Å². The molecule has 0 saturated carbocycles. The van der Waals surface area contributed by atoms with E-state index >= 15 is 0 Å². The summed E-state index contributed by atoms with van der Waals surface area (Å²) in [4.78, 5) is 0. The summed E-state index contributed by atoms with van der Waals surface area (Å²) < 4.78 is 19.7. The van der Waals surface area contributed by atoms with E-state index in [1.165, 1.54) is 4.68 Å². The summed E-state index contributed by atoms with van der Waals surface area (Å²) in [6.45, 7) is 7.94. The average molecular weight is 340 g/mol. The second-order valence-electron chi connectivity index (χ2n) is 7.09. The Hall–Kier alpha value is -2.50. The monoisotopic (exact) mass is 340 g/mol. The first-order valence-corrected chi connectivity index (χ1v) is 8.00. The number of nitrogens with zero attached hydrogens (tertiary/aromatic N) is 3. The van der Waals surface area contributed by atoms with E-state index < -0.39 is 18.3 Å². The Morgan fingerprint density at radius 3 is 2.36 bits per heavy atom. The quantitative estimate of drug-likeness (QED) is 0.859. The first-order chi connectivity index (χ1) is 11.6. The zero-order chi connectivity index (χ0) is 18.4. The van der Waals surface area contributed by atoms with Gasteiger partial charge >= 0.3 is 7.12 Å². The molecule has 2 heterocycles. The van der Waals surface area contributed by atoms with Gasteiger partial charge in [0, 0.05) is 18.6 Å². The molecular weight excluding hydrogens is 319 g/mol. The van der Waals surface area contributed by atoms with E-state index in [4.69, 9.17) is 19.8 Å². The number of nitrogens with two attached hydrogens (primary N) is 1. The summed E-state index contributed by atoms with van der Waals surface area (Å²) in [5.74, 6) is 1.29. The van der Waals surface area contributed by atoms with Crippen LogP contribution in [-0.2, 0) is 16.4 Å². The van der Waals surface area contributed by atoms with Crippen LogP contribution < -0.4 is 15.9 Å². The summed E-state index contributed by atoms with van der Waals surface area (Å²) in [5.41, 5.74) is 5.95. The molecule has 1 aromatic heterocycles. The van der Waals surface area contributed by atoms with Gasteiger partial charge in [-0.05, 0) is 39.8 Å². The number of anilines is 1. The highest BCUT2D eigenvalue weighted by Gasteiger charge is 2.52. The fraction of sp³-hybridized carbons (Fsp3) is 0.412. The fourth-order valence-electron chi connectivity index (χ4n) is 2.54. The first kappa shape index (κ1) is 17.3. The number of aryl methyl sites for hydroxylation is 1. The highest BCUT2D eigenvalue weighted by molar-refractivity contribution is 6.63. The minimum atomic E-state index is -0.599. The number of hydrogen-bond donors (Lipinski definition) is 1. The number of aromatic nitrogens is 2. The van der Waals surface area contributed by atoms with Crippen molar-refractivity contribution in [2.24, 2.45) is 7.05 Å². The molecule has 1 aliphatic rings. The van der Waals surface area contributed by atoms with Gasteiger partial charge in [-0.15, -0.1) is 0 Å². The van der Waals surface area contributed by atoms with E-state index in [0.29, 0.717) is 28.5 Å². The van der Waals surface area contributed by atoms with Crippen LogP contribution in [0.2, 0.25) is 0 Å². The lowest BCUT2D eigenvalue weighted by molar-refractivity contribution is 0.00578. The van der Waals surface area contributed by atoms with Crippen molar-refractivity contribution in [1.29, 1.82) is 5.26 Å². The number of benzene rings is 1. The zero-order valence-electron chi connectivity index (χ0n) is 15.0. The van der Waals surface area contributed by atoms with Crippen LogP contribution in [0.4, 0.5) is 5.82 Å². The molecule has 2 N–H and O–H groups in total. The minimum Gasteiger partial charge on any atom is -0.440 e. The molecule has 0 spiro atoms. The van der Waals surface area contributed by atoms with Crippen molar-refractivity contribution in [3.8, 4) is 17.7 Å². The molecule has 0 unspecified atom stereocenters. The molecule has 0 radical (unpaired) electrons. The largest absolute Gasteiger partial charge is 0.498 e. The standard InChI is InChI=1S/C17H21BN4O3/c1-16(2)17(3,4)25-18(24-16)12-7-6-11(10-19)8-13(12)23-15-9-14(20)21-22(15)5/h6-9H,1-5H3,(H2,20,21). The van der Waals surface area contributed by atoms with Gasteiger partial charge < -0.3 is 19.8 Å². The Bertz CT molecular complexity index is 838. The molecule has 1 aliphatic heterocycles. The van der Waals surface area contributed by atoms with E-state index in [0.717, 1.165) is 0 Å². The maximum Gasteiger partial charge on any atom is 0.498 e. The van der Waals surface area contributed by atoms with Gasteiger partial charge in [0.1, 0.15) is 11.6 Å². The van der Waals surface area contributed by atoms with E-state index in [1.807, 2.05) is 27.7 Å². The molecule has 7 nitrogen and oxygen atoms in total. The van der Waals surface area contributed by atoms with Crippen LogP contribution in [0.15, 0.2) is 24.3 Å². The van der Waals surface area contributed by atoms with Gasteiger partial charge in [-0.25, -0.2) is 4.68 Å². The predicted molar refractivity (Wildman–Crippen MR) is 94.6 cm³/mol. The van der Waals surface area contributed by atoms with Crippen molar-refractivity contribution in [2.45, 2.75) is 38.9 Å². The molecule has 1 saturated heterocycles. The SMILES string of the molecule is Cn1nc(N)cc1Oc1cc(C#N)ccc1B1OC(C)(C)C(C)(C)O1.